The molecule has 0 saturated carbocycles. The van der Waals surface area contributed by atoms with E-state index in [0.717, 1.165) is 6.92 Å². The molecule has 0 aliphatic rings. The zero-order chi connectivity index (χ0) is 9.78. The van der Waals surface area contributed by atoms with Crippen LogP contribution in [-0.4, -0.2) is 41.4 Å². The van der Waals surface area contributed by atoms with Gasteiger partial charge in [-0.05, 0) is 6.92 Å². The summed E-state index contributed by atoms with van der Waals surface area (Å²) in [6.45, 7) is 0.362. The molecule has 6 nitrogen and oxygen atoms in total. The minimum absolute atomic E-state index is 0.728. The zero-order valence-electron chi connectivity index (χ0n) is 6.92. The van der Waals surface area contributed by atoms with Crippen LogP contribution < -0.4 is 10.6 Å². The maximum Gasteiger partial charge on any atom is 0.321 e. The normalized spacial score (nSPS) is 14.7. The Bertz CT molecular complexity index is 190. The molecule has 0 heterocycles. The van der Waals surface area contributed by atoms with Crippen LogP contribution in [0.2, 0.25) is 0 Å². The van der Waals surface area contributed by atoms with Gasteiger partial charge in [-0.3, -0.25) is 10.1 Å². The molecular formula is C6H12N2O4. The van der Waals surface area contributed by atoms with Crippen molar-refractivity contribution in [1.29, 1.82) is 0 Å². The van der Waals surface area contributed by atoms with Gasteiger partial charge < -0.3 is 15.5 Å². The fourth-order valence-corrected chi connectivity index (χ4v) is 0.372. The summed E-state index contributed by atoms with van der Waals surface area (Å²) in [4.78, 5) is 21.4. The fraction of sp³-hybridized carbons (Fsp3) is 0.667. The van der Waals surface area contributed by atoms with Crippen molar-refractivity contribution in [1.82, 2.24) is 10.6 Å². The van der Waals surface area contributed by atoms with Gasteiger partial charge >= 0.3 is 6.03 Å². The summed E-state index contributed by atoms with van der Waals surface area (Å²) in [7, 11) is 1.33. The summed E-state index contributed by atoms with van der Waals surface area (Å²) < 4.78 is 0. The Labute approximate surface area is 69.6 Å². The van der Waals surface area contributed by atoms with Crippen LogP contribution in [0.25, 0.3) is 0 Å². The summed E-state index contributed by atoms with van der Waals surface area (Å²) in [5.74, 6) is -0.940. The van der Waals surface area contributed by atoms with Crippen molar-refractivity contribution in [2.45, 2.75) is 12.5 Å². The first-order valence-corrected chi connectivity index (χ1v) is 3.30. The van der Waals surface area contributed by atoms with Gasteiger partial charge in [0, 0.05) is 7.05 Å². The van der Waals surface area contributed by atoms with Crippen LogP contribution in [0, 0.1) is 0 Å². The van der Waals surface area contributed by atoms with E-state index in [1.807, 2.05) is 5.32 Å². The molecule has 0 aliphatic carbocycles. The van der Waals surface area contributed by atoms with Gasteiger partial charge in [-0.25, -0.2) is 4.79 Å². The Balaban J connectivity index is 4.13. The van der Waals surface area contributed by atoms with E-state index < -0.39 is 24.1 Å². The first-order chi connectivity index (χ1) is 5.44. The van der Waals surface area contributed by atoms with E-state index >= 15 is 0 Å². The van der Waals surface area contributed by atoms with E-state index in [4.69, 9.17) is 10.2 Å². The maximum atomic E-state index is 10.9. The number of aliphatic hydroxyl groups is 2. The zero-order valence-corrected chi connectivity index (χ0v) is 6.92. The molecule has 0 rings (SSSR count). The Kier molecular flexibility index (Phi) is 3.65. The quantitative estimate of drug-likeness (QED) is 0.398. The van der Waals surface area contributed by atoms with Crippen LogP contribution in [0.3, 0.4) is 0 Å². The highest BCUT2D eigenvalue weighted by molar-refractivity contribution is 5.98. The Morgan fingerprint density at radius 1 is 1.50 bits per heavy atom. The van der Waals surface area contributed by atoms with E-state index in [2.05, 4.69) is 5.32 Å². The second-order valence-electron chi connectivity index (χ2n) is 2.47. The number of aliphatic hydroxyl groups excluding tert-OH is 1. The molecule has 0 aromatic carbocycles. The molecule has 0 bridgehead atoms. The number of hydrogen-bond donors (Lipinski definition) is 4. The van der Waals surface area contributed by atoms with Gasteiger partial charge in [0.1, 0.15) is 0 Å². The Morgan fingerprint density at radius 3 is 2.33 bits per heavy atom. The number of nitrogens with one attached hydrogen (secondary N) is 2. The average Bonchev–Trinajstić information content (AvgIpc) is 2.04. The van der Waals surface area contributed by atoms with Gasteiger partial charge in [-0.2, -0.15) is 0 Å². The van der Waals surface area contributed by atoms with Crippen LogP contribution >= 0.6 is 0 Å². The summed E-state index contributed by atoms with van der Waals surface area (Å²) in [5, 5.41) is 21.6. The first kappa shape index (κ1) is 10.9. The summed E-state index contributed by atoms with van der Waals surface area (Å²) in [5.41, 5.74) is -1.92. The molecule has 1 unspecified atom stereocenters. The smallest absolute Gasteiger partial charge is 0.321 e. The van der Waals surface area contributed by atoms with Gasteiger partial charge in [0.25, 0.3) is 5.91 Å². The van der Waals surface area contributed by atoms with Crippen molar-refractivity contribution in [2.24, 2.45) is 0 Å². The molecule has 6 heteroatoms. The molecule has 0 aromatic rings. The van der Waals surface area contributed by atoms with Crippen LogP contribution in [0.4, 0.5) is 4.79 Å². The summed E-state index contributed by atoms with van der Waals surface area (Å²) >= 11 is 0. The van der Waals surface area contributed by atoms with Crippen molar-refractivity contribution in [3.05, 3.63) is 0 Å². The van der Waals surface area contributed by atoms with Crippen molar-refractivity contribution in [3.8, 4) is 0 Å². The lowest BCUT2D eigenvalue weighted by molar-refractivity contribution is -0.140. The van der Waals surface area contributed by atoms with E-state index in [0.29, 0.717) is 0 Å². The van der Waals surface area contributed by atoms with E-state index in [-0.39, 0.29) is 0 Å². The highest BCUT2D eigenvalue weighted by Crippen LogP contribution is 2.00. The largest absolute Gasteiger partial charge is 0.393 e. The second kappa shape index (κ2) is 4.03. The monoisotopic (exact) mass is 176 g/mol. The molecule has 4 N–H and O–H groups in total. The third-order valence-electron chi connectivity index (χ3n) is 1.25. The molecule has 3 amide bonds. The van der Waals surface area contributed by atoms with Crippen LogP contribution in [0.1, 0.15) is 6.92 Å². The predicted molar refractivity (Wildman–Crippen MR) is 40.3 cm³/mol. The predicted octanol–water partition coefficient (Wildman–Crippen LogP) is -1.81. The van der Waals surface area contributed by atoms with E-state index in [1.165, 1.54) is 7.05 Å². The van der Waals surface area contributed by atoms with Gasteiger partial charge in [0.15, 0.2) is 5.60 Å². The number of carbonyl (C=O) groups is 2. The van der Waals surface area contributed by atoms with Crippen molar-refractivity contribution >= 4 is 11.9 Å². The minimum Gasteiger partial charge on any atom is -0.393 e. The standard InChI is InChI=1S/C6H12N2O4/c1-6(12,3-9)4(10)8-5(11)7-2/h9,12H,3H2,1-2H3,(H2,7,8,10,11). The average molecular weight is 176 g/mol. The minimum atomic E-state index is -1.92. The third kappa shape index (κ3) is 2.85. The van der Waals surface area contributed by atoms with E-state index in [9.17, 15) is 9.59 Å². The molecule has 70 valence electrons. The molecule has 0 fully saturated rings. The van der Waals surface area contributed by atoms with Gasteiger partial charge in [-0.1, -0.05) is 0 Å². The maximum absolute atomic E-state index is 10.9. The number of imide groups is 1. The Hall–Kier alpha value is -1.14. The summed E-state index contributed by atoms with van der Waals surface area (Å²) in [6.07, 6.45) is 0. The molecule has 0 aliphatic heterocycles. The lowest BCUT2D eigenvalue weighted by Gasteiger charge is -2.18. The first-order valence-electron chi connectivity index (χ1n) is 3.30. The number of amides is 3. The number of rotatable bonds is 2. The topological polar surface area (TPSA) is 98.7 Å². The van der Waals surface area contributed by atoms with Crippen molar-refractivity contribution in [3.63, 3.8) is 0 Å². The van der Waals surface area contributed by atoms with Gasteiger partial charge in [0.2, 0.25) is 0 Å². The molecule has 0 radical (unpaired) electrons. The van der Waals surface area contributed by atoms with Crippen LogP contribution in [0.5, 0.6) is 0 Å². The highest BCUT2D eigenvalue weighted by Gasteiger charge is 2.30. The SMILES string of the molecule is CNC(=O)NC(=O)C(C)(O)CO. The molecular weight excluding hydrogens is 164 g/mol. The molecule has 1 atom stereocenters. The lowest BCUT2D eigenvalue weighted by atomic mass is 10.1. The van der Waals surface area contributed by atoms with Crippen LogP contribution in [-0.2, 0) is 4.79 Å². The van der Waals surface area contributed by atoms with Gasteiger partial charge in [-0.15, -0.1) is 0 Å². The molecule has 0 saturated heterocycles. The molecule has 0 aromatic heterocycles. The number of hydrogen-bond acceptors (Lipinski definition) is 4. The van der Waals surface area contributed by atoms with Crippen LogP contribution in [0.15, 0.2) is 0 Å². The fourth-order valence-electron chi connectivity index (χ4n) is 0.372. The number of urea groups is 1. The second-order valence-corrected chi connectivity index (χ2v) is 2.47. The molecule has 12 heavy (non-hydrogen) atoms. The number of carbonyl (C=O) groups excluding carboxylic acids is 2. The van der Waals surface area contributed by atoms with Crippen molar-refractivity contribution in [2.75, 3.05) is 13.7 Å². The lowest BCUT2D eigenvalue weighted by Crippen LogP contribution is -2.51. The van der Waals surface area contributed by atoms with Gasteiger partial charge in [0.05, 0.1) is 6.61 Å². The highest BCUT2D eigenvalue weighted by atomic mass is 16.3. The molecule has 0 spiro atoms. The summed E-state index contributed by atoms with van der Waals surface area (Å²) in [6, 6.07) is -0.728. The van der Waals surface area contributed by atoms with E-state index in [1.54, 1.807) is 0 Å². The van der Waals surface area contributed by atoms with Crippen molar-refractivity contribution < 1.29 is 19.8 Å². The Morgan fingerprint density at radius 2 is 2.00 bits per heavy atom. The third-order valence-corrected chi connectivity index (χ3v) is 1.25.